The molecule has 1 aliphatic rings. The predicted molar refractivity (Wildman–Crippen MR) is 84.9 cm³/mol. The number of fused-ring (bicyclic) bond motifs is 1. The molecule has 3 rings (SSSR count). The molecule has 0 bridgehead atoms. The van der Waals surface area contributed by atoms with Crippen LogP contribution in [-0.2, 0) is 4.74 Å². The first-order valence-corrected chi connectivity index (χ1v) is 7.71. The lowest BCUT2D eigenvalue weighted by Gasteiger charge is -2.39. The molecule has 1 saturated heterocycles. The molecule has 5 atom stereocenters. The molecule has 10 heteroatoms. The highest BCUT2D eigenvalue weighted by Gasteiger charge is 2.45. The lowest BCUT2D eigenvalue weighted by molar-refractivity contribution is -0.277. The van der Waals surface area contributed by atoms with Crippen molar-refractivity contribution in [1.29, 1.82) is 0 Å². The van der Waals surface area contributed by atoms with Crippen LogP contribution in [0.2, 0.25) is 0 Å². The van der Waals surface area contributed by atoms with E-state index >= 15 is 0 Å². The molecule has 1 aromatic carbocycles. The zero-order valence-electron chi connectivity index (χ0n) is 13.6. The largest absolute Gasteiger partial charge is 0.507 e. The third-order valence-corrected chi connectivity index (χ3v) is 4.12. The minimum absolute atomic E-state index is 0.172. The van der Waals surface area contributed by atoms with Crippen molar-refractivity contribution in [2.75, 3.05) is 6.61 Å². The van der Waals surface area contributed by atoms with Gasteiger partial charge in [0.2, 0.25) is 12.0 Å². The Labute approximate surface area is 146 Å². The highest BCUT2D eigenvalue weighted by molar-refractivity contribution is 5.90. The van der Waals surface area contributed by atoms with Crippen molar-refractivity contribution in [1.82, 2.24) is 0 Å². The molecule has 0 unspecified atom stereocenters. The molecule has 2 aromatic rings. The number of rotatable bonds is 3. The number of aromatic hydroxyl groups is 2. The summed E-state index contributed by atoms with van der Waals surface area (Å²) < 4.78 is 16.0. The van der Waals surface area contributed by atoms with Crippen molar-refractivity contribution in [2.45, 2.75) is 37.6 Å². The summed E-state index contributed by atoms with van der Waals surface area (Å²) in [6, 6.07) is 1.99. The van der Waals surface area contributed by atoms with Crippen molar-refractivity contribution in [3.63, 3.8) is 0 Å². The molecular weight excluding hydrogens is 352 g/mol. The zero-order valence-corrected chi connectivity index (χ0v) is 13.6. The fourth-order valence-corrected chi connectivity index (χ4v) is 2.79. The summed E-state index contributed by atoms with van der Waals surface area (Å²) in [6.45, 7) is 0.806. The number of benzene rings is 1. The summed E-state index contributed by atoms with van der Waals surface area (Å²) in [5.41, 5.74) is -0.871. The van der Waals surface area contributed by atoms with Crippen LogP contribution in [0.15, 0.2) is 21.3 Å². The van der Waals surface area contributed by atoms with E-state index in [9.17, 15) is 35.4 Å². The second-order valence-electron chi connectivity index (χ2n) is 5.98. The maximum atomic E-state index is 12.1. The Morgan fingerprint density at radius 3 is 2.42 bits per heavy atom. The van der Waals surface area contributed by atoms with Gasteiger partial charge in [-0.15, -0.1) is 0 Å². The lowest BCUT2D eigenvalue weighted by atomic mass is 9.99. The van der Waals surface area contributed by atoms with Gasteiger partial charge in [-0.05, 0) is 6.92 Å². The Hall–Kier alpha value is -2.37. The molecule has 0 aliphatic carbocycles. The van der Waals surface area contributed by atoms with Crippen molar-refractivity contribution in [3.05, 3.63) is 28.1 Å². The van der Waals surface area contributed by atoms with Gasteiger partial charge >= 0.3 is 0 Å². The average molecular weight is 370 g/mol. The van der Waals surface area contributed by atoms with E-state index in [1.54, 1.807) is 0 Å². The van der Waals surface area contributed by atoms with Crippen LogP contribution in [0.25, 0.3) is 11.0 Å². The van der Waals surface area contributed by atoms with Gasteiger partial charge in [-0.25, -0.2) is 0 Å². The van der Waals surface area contributed by atoms with Gasteiger partial charge in [-0.1, -0.05) is 0 Å². The summed E-state index contributed by atoms with van der Waals surface area (Å²) in [5.74, 6) is -1.39. The van der Waals surface area contributed by atoms with E-state index in [1.807, 2.05) is 0 Å². The molecule has 0 amide bonds. The van der Waals surface area contributed by atoms with E-state index in [-0.39, 0.29) is 16.7 Å². The molecule has 1 fully saturated rings. The molecular formula is C16H18O10. The number of phenols is 2. The number of aryl methyl sites for hydroxylation is 1. The lowest BCUT2D eigenvalue weighted by Crippen LogP contribution is -2.60. The van der Waals surface area contributed by atoms with Gasteiger partial charge in [-0.2, -0.15) is 0 Å². The summed E-state index contributed by atoms with van der Waals surface area (Å²) in [4.78, 5) is 12.1. The molecule has 26 heavy (non-hydrogen) atoms. The highest BCUT2D eigenvalue weighted by Crippen LogP contribution is 2.40. The Balaban J connectivity index is 2.07. The van der Waals surface area contributed by atoms with E-state index in [0.29, 0.717) is 0 Å². The second-order valence-corrected chi connectivity index (χ2v) is 5.98. The number of hydrogen-bond donors (Lipinski definition) is 6. The van der Waals surface area contributed by atoms with Crippen LogP contribution in [0.1, 0.15) is 5.76 Å². The van der Waals surface area contributed by atoms with Crippen molar-refractivity contribution >= 4 is 11.0 Å². The summed E-state index contributed by atoms with van der Waals surface area (Å²) in [6.07, 6.45) is -7.83. The first-order chi connectivity index (χ1) is 12.2. The van der Waals surface area contributed by atoms with Gasteiger partial charge in [0, 0.05) is 12.1 Å². The molecule has 6 N–H and O–H groups in total. The van der Waals surface area contributed by atoms with E-state index in [0.717, 1.165) is 12.1 Å². The molecule has 142 valence electrons. The van der Waals surface area contributed by atoms with Crippen molar-refractivity contribution in [3.8, 4) is 17.2 Å². The first-order valence-electron chi connectivity index (χ1n) is 7.71. The molecule has 0 radical (unpaired) electrons. The van der Waals surface area contributed by atoms with E-state index < -0.39 is 60.0 Å². The van der Waals surface area contributed by atoms with Crippen LogP contribution < -0.4 is 10.2 Å². The molecule has 1 aromatic heterocycles. The third kappa shape index (κ3) is 2.97. The van der Waals surface area contributed by atoms with Crippen molar-refractivity contribution in [2.24, 2.45) is 0 Å². The number of hydrogen-bond acceptors (Lipinski definition) is 10. The van der Waals surface area contributed by atoms with Crippen molar-refractivity contribution < 1.29 is 44.5 Å². The zero-order chi connectivity index (χ0) is 19.2. The third-order valence-electron chi connectivity index (χ3n) is 4.12. The van der Waals surface area contributed by atoms with Crippen LogP contribution in [-0.4, -0.2) is 68.0 Å². The van der Waals surface area contributed by atoms with Gasteiger partial charge < -0.3 is 44.5 Å². The normalized spacial score (nSPS) is 29.0. The van der Waals surface area contributed by atoms with Crippen LogP contribution in [0.3, 0.4) is 0 Å². The summed E-state index contributed by atoms with van der Waals surface area (Å²) in [7, 11) is 0. The van der Waals surface area contributed by atoms with Crippen LogP contribution in [0, 0.1) is 6.92 Å². The second kappa shape index (κ2) is 6.74. The SMILES string of the molecule is Cc1cc(=O)c2c(O)cc(O)c(O[C@@H]3O[C@H](CO)[C@@H](O)[C@H](O)[C@H]3O)c2o1. The number of phenolic OH excluding ortho intramolecular Hbond substituents is 2. The van der Waals surface area contributed by atoms with Crippen LogP contribution in [0.4, 0.5) is 0 Å². The fraction of sp³-hybridized carbons (Fsp3) is 0.438. The van der Waals surface area contributed by atoms with Gasteiger partial charge in [0.25, 0.3) is 0 Å². The molecule has 1 aliphatic heterocycles. The standard InChI is InChI=1S/C16H18O10/c1-5-2-6(18)10-7(19)3-8(20)14(15(10)24-5)26-16-13(23)12(22)11(21)9(4-17)25-16/h2-3,9,11-13,16-17,19-23H,4H2,1H3/t9-,11-,12+,13-,16+/m1/s1. The van der Waals surface area contributed by atoms with E-state index in [4.69, 9.17) is 13.9 Å². The Morgan fingerprint density at radius 2 is 1.77 bits per heavy atom. The van der Waals surface area contributed by atoms with E-state index in [1.165, 1.54) is 6.92 Å². The van der Waals surface area contributed by atoms with Gasteiger partial charge in [0.1, 0.15) is 41.3 Å². The smallest absolute Gasteiger partial charge is 0.229 e. The Kier molecular flexibility index (Phi) is 4.78. The van der Waals surface area contributed by atoms with Gasteiger partial charge in [-0.3, -0.25) is 4.79 Å². The van der Waals surface area contributed by atoms with Gasteiger partial charge in [0.15, 0.2) is 16.8 Å². The van der Waals surface area contributed by atoms with E-state index in [2.05, 4.69) is 0 Å². The topological polar surface area (TPSA) is 170 Å². The summed E-state index contributed by atoms with van der Waals surface area (Å²) in [5, 5.41) is 58.6. The quantitative estimate of drug-likeness (QED) is 0.381. The fourth-order valence-electron chi connectivity index (χ4n) is 2.79. The Bertz CT molecular complexity index is 873. The number of aliphatic hydroxyl groups excluding tert-OH is 4. The minimum Gasteiger partial charge on any atom is -0.507 e. The minimum atomic E-state index is -1.73. The van der Waals surface area contributed by atoms with Gasteiger partial charge in [0.05, 0.1) is 6.61 Å². The first kappa shape index (κ1) is 18.4. The maximum Gasteiger partial charge on any atom is 0.229 e. The summed E-state index contributed by atoms with van der Waals surface area (Å²) >= 11 is 0. The monoisotopic (exact) mass is 370 g/mol. The number of ether oxygens (including phenoxy) is 2. The molecule has 0 spiro atoms. The molecule has 0 saturated carbocycles. The highest BCUT2D eigenvalue weighted by atomic mass is 16.7. The number of aliphatic hydroxyl groups is 4. The molecule has 10 nitrogen and oxygen atoms in total. The van der Waals surface area contributed by atoms with Crippen LogP contribution in [0.5, 0.6) is 17.2 Å². The Morgan fingerprint density at radius 1 is 1.08 bits per heavy atom. The predicted octanol–water partition coefficient (Wildman–Crippen LogP) is -1.31. The maximum absolute atomic E-state index is 12.1. The van der Waals surface area contributed by atoms with Crippen LogP contribution >= 0.6 is 0 Å². The molecule has 2 heterocycles. The average Bonchev–Trinajstić information content (AvgIpc) is 2.57.